The summed E-state index contributed by atoms with van der Waals surface area (Å²) in [7, 11) is 0. The molecule has 3 rings (SSSR count). The molecule has 7 nitrogen and oxygen atoms in total. The van der Waals surface area contributed by atoms with Gasteiger partial charge in [0.1, 0.15) is 0 Å². The Bertz CT molecular complexity index is 537. The van der Waals surface area contributed by atoms with Crippen molar-refractivity contribution < 1.29 is 14.1 Å². The van der Waals surface area contributed by atoms with Crippen LogP contribution in [0, 0.1) is 12.3 Å². The van der Waals surface area contributed by atoms with Crippen LogP contribution in [0.3, 0.4) is 0 Å². The highest BCUT2D eigenvalue weighted by molar-refractivity contribution is 5.75. The molecule has 1 aromatic heterocycles. The number of nitrogens with zero attached hydrogens (tertiary/aromatic N) is 3. The fourth-order valence-electron chi connectivity index (χ4n) is 3.54. The molecule has 1 unspecified atom stereocenters. The van der Waals surface area contributed by atoms with Gasteiger partial charge in [-0.2, -0.15) is 4.98 Å². The van der Waals surface area contributed by atoms with Gasteiger partial charge >= 0.3 is 6.03 Å². The van der Waals surface area contributed by atoms with Crippen LogP contribution < -0.4 is 5.32 Å². The van der Waals surface area contributed by atoms with Crippen molar-refractivity contribution in [1.29, 1.82) is 0 Å². The molecule has 2 aliphatic heterocycles. The lowest BCUT2D eigenvalue weighted by Crippen LogP contribution is -2.43. The van der Waals surface area contributed by atoms with Gasteiger partial charge in [-0.25, -0.2) is 4.79 Å². The molecule has 0 aromatic carbocycles. The third kappa shape index (κ3) is 2.82. The SMILES string of the molecule is Cc1noc(C2CN(C(=O)NC(C)C)CC23CCOCC3)n1. The zero-order valence-electron chi connectivity index (χ0n) is 13.5. The van der Waals surface area contributed by atoms with E-state index >= 15 is 0 Å². The van der Waals surface area contributed by atoms with E-state index in [1.165, 1.54) is 0 Å². The second kappa shape index (κ2) is 5.87. The number of aromatic nitrogens is 2. The van der Waals surface area contributed by atoms with E-state index in [0.29, 0.717) is 18.3 Å². The van der Waals surface area contributed by atoms with Crippen LogP contribution in [0.2, 0.25) is 0 Å². The molecule has 1 atom stereocenters. The van der Waals surface area contributed by atoms with Crippen LogP contribution in [-0.2, 0) is 4.74 Å². The lowest BCUT2D eigenvalue weighted by Gasteiger charge is -2.36. The summed E-state index contributed by atoms with van der Waals surface area (Å²) in [6.45, 7) is 8.56. The standard InChI is InChI=1S/C15H24N4O3/c1-10(2)16-14(20)19-8-12(13-17-11(3)18-22-13)15(9-19)4-6-21-7-5-15/h10,12H,4-9H2,1-3H3,(H,16,20). The third-order valence-electron chi connectivity index (χ3n) is 4.68. The molecule has 2 amide bonds. The maximum Gasteiger partial charge on any atom is 0.317 e. The Hall–Kier alpha value is -1.63. The molecule has 122 valence electrons. The number of rotatable bonds is 2. The van der Waals surface area contributed by atoms with Gasteiger partial charge in [-0.05, 0) is 33.6 Å². The summed E-state index contributed by atoms with van der Waals surface area (Å²) in [6.07, 6.45) is 1.84. The highest BCUT2D eigenvalue weighted by atomic mass is 16.5. The normalized spacial score (nSPS) is 24.2. The van der Waals surface area contributed by atoms with Crippen molar-refractivity contribution in [3.8, 4) is 0 Å². The first-order chi connectivity index (χ1) is 10.5. The molecular formula is C15H24N4O3. The fourth-order valence-corrected chi connectivity index (χ4v) is 3.54. The van der Waals surface area contributed by atoms with E-state index < -0.39 is 0 Å². The number of hydrogen-bond acceptors (Lipinski definition) is 5. The summed E-state index contributed by atoms with van der Waals surface area (Å²) in [4.78, 5) is 18.7. The van der Waals surface area contributed by atoms with Gasteiger partial charge in [-0.3, -0.25) is 0 Å². The summed E-state index contributed by atoms with van der Waals surface area (Å²) < 4.78 is 10.9. The molecule has 22 heavy (non-hydrogen) atoms. The molecule has 0 saturated carbocycles. The first-order valence-corrected chi connectivity index (χ1v) is 7.93. The number of urea groups is 1. The Kier molecular flexibility index (Phi) is 4.08. The van der Waals surface area contributed by atoms with E-state index in [1.54, 1.807) is 0 Å². The van der Waals surface area contributed by atoms with Gasteiger partial charge in [-0.1, -0.05) is 5.16 Å². The van der Waals surface area contributed by atoms with Crippen LogP contribution in [0.1, 0.15) is 44.3 Å². The summed E-state index contributed by atoms with van der Waals surface area (Å²) >= 11 is 0. The Morgan fingerprint density at radius 1 is 1.41 bits per heavy atom. The number of carbonyl (C=O) groups is 1. The Balaban J connectivity index is 1.84. The first-order valence-electron chi connectivity index (χ1n) is 7.93. The van der Waals surface area contributed by atoms with E-state index in [0.717, 1.165) is 32.6 Å². The zero-order valence-corrected chi connectivity index (χ0v) is 13.5. The fraction of sp³-hybridized carbons (Fsp3) is 0.800. The van der Waals surface area contributed by atoms with E-state index in [-0.39, 0.29) is 23.4 Å². The highest BCUT2D eigenvalue weighted by Gasteiger charge is 2.51. The summed E-state index contributed by atoms with van der Waals surface area (Å²) in [6, 6.07) is 0.113. The van der Waals surface area contributed by atoms with Crippen LogP contribution in [-0.4, -0.2) is 53.4 Å². The van der Waals surface area contributed by atoms with Gasteiger partial charge in [-0.15, -0.1) is 0 Å². The average Bonchev–Trinajstić information content (AvgIpc) is 3.03. The molecular weight excluding hydrogens is 284 g/mol. The van der Waals surface area contributed by atoms with Gasteiger partial charge in [0.25, 0.3) is 0 Å². The molecule has 2 saturated heterocycles. The largest absolute Gasteiger partial charge is 0.381 e. The van der Waals surface area contributed by atoms with Crippen molar-refractivity contribution >= 4 is 6.03 Å². The molecule has 0 bridgehead atoms. The Morgan fingerprint density at radius 3 is 2.73 bits per heavy atom. The van der Waals surface area contributed by atoms with Crippen LogP contribution in [0.5, 0.6) is 0 Å². The predicted molar refractivity (Wildman–Crippen MR) is 79.5 cm³/mol. The van der Waals surface area contributed by atoms with Crippen LogP contribution in [0.25, 0.3) is 0 Å². The van der Waals surface area contributed by atoms with E-state index in [4.69, 9.17) is 9.26 Å². The number of nitrogens with one attached hydrogen (secondary N) is 1. The minimum absolute atomic E-state index is 0.00839. The van der Waals surface area contributed by atoms with Crippen LogP contribution in [0.15, 0.2) is 4.52 Å². The lowest BCUT2D eigenvalue weighted by atomic mass is 9.72. The summed E-state index contributed by atoms with van der Waals surface area (Å²) in [5.41, 5.74) is -0.00839. The second-order valence-corrected chi connectivity index (χ2v) is 6.69. The first kappa shape index (κ1) is 15.3. The van der Waals surface area contributed by atoms with Crippen molar-refractivity contribution in [2.45, 2.75) is 45.6 Å². The molecule has 2 aliphatic rings. The van der Waals surface area contributed by atoms with Crippen LogP contribution in [0.4, 0.5) is 4.79 Å². The molecule has 3 heterocycles. The minimum atomic E-state index is -0.0143. The summed E-state index contributed by atoms with van der Waals surface area (Å²) in [5.74, 6) is 1.39. The van der Waals surface area contributed by atoms with Gasteiger partial charge in [0, 0.05) is 37.8 Å². The Labute approximate surface area is 130 Å². The van der Waals surface area contributed by atoms with Gasteiger partial charge < -0.3 is 19.5 Å². The van der Waals surface area contributed by atoms with Gasteiger partial charge in [0.05, 0.1) is 5.92 Å². The zero-order chi connectivity index (χ0) is 15.7. The number of aryl methyl sites for hydroxylation is 1. The monoisotopic (exact) mass is 308 g/mol. The van der Waals surface area contributed by atoms with Crippen molar-refractivity contribution in [3.05, 3.63) is 11.7 Å². The molecule has 1 aromatic rings. The van der Waals surface area contributed by atoms with E-state index in [9.17, 15) is 4.79 Å². The van der Waals surface area contributed by atoms with Gasteiger partial charge in [0.2, 0.25) is 5.89 Å². The Morgan fingerprint density at radius 2 is 2.14 bits per heavy atom. The van der Waals surface area contributed by atoms with Crippen molar-refractivity contribution in [2.24, 2.45) is 5.41 Å². The molecule has 2 fully saturated rings. The lowest BCUT2D eigenvalue weighted by molar-refractivity contribution is 0.00940. The average molecular weight is 308 g/mol. The maximum atomic E-state index is 12.4. The molecule has 7 heteroatoms. The van der Waals surface area contributed by atoms with Crippen molar-refractivity contribution in [1.82, 2.24) is 20.4 Å². The predicted octanol–water partition coefficient (Wildman–Crippen LogP) is 1.69. The highest BCUT2D eigenvalue weighted by Crippen LogP contribution is 2.49. The molecule has 1 N–H and O–H groups in total. The van der Waals surface area contributed by atoms with E-state index in [1.807, 2.05) is 25.7 Å². The molecule has 1 spiro atoms. The third-order valence-corrected chi connectivity index (χ3v) is 4.68. The molecule has 0 aliphatic carbocycles. The summed E-state index contributed by atoms with van der Waals surface area (Å²) in [5, 5.41) is 6.89. The van der Waals surface area contributed by atoms with Gasteiger partial charge in [0.15, 0.2) is 5.82 Å². The van der Waals surface area contributed by atoms with E-state index in [2.05, 4.69) is 15.5 Å². The van der Waals surface area contributed by atoms with Crippen LogP contribution >= 0.6 is 0 Å². The number of carbonyl (C=O) groups excluding carboxylic acids is 1. The smallest absolute Gasteiger partial charge is 0.317 e. The minimum Gasteiger partial charge on any atom is -0.381 e. The maximum absolute atomic E-state index is 12.4. The topological polar surface area (TPSA) is 80.5 Å². The number of hydrogen-bond donors (Lipinski definition) is 1. The van der Waals surface area contributed by atoms with Crippen molar-refractivity contribution in [3.63, 3.8) is 0 Å². The number of amides is 2. The number of likely N-dealkylation sites (tertiary alicyclic amines) is 1. The number of ether oxygens (including phenoxy) is 1. The second-order valence-electron chi connectivity index (χ2n) is 6.69. The molecule has 0 radical (unpaired) electrons. The van der Waals surface area contributed by atoms with Crippen molar-refractivity contribution in [2.75, 3.05) is 26.3 Å². The quantitative estimate of drug-likeness (QED) is 0.899.